The molecule has 0 aliphatic carbocycles. The summed E-state index contributed by atoms with van der Waals surface area (Å²) in [6.07, 6.45) is 0. The smallest absolute Gasteiger partial charge is 0.267 e. The van der Waals surface area contributed by atoms with E-state index in [4.69, 9.17) is 10.5 Å². The van der Waals surface area contributed by atoms with E-state index in [1.807, 2.05) is 6.07 Å². The molecule has 0 bridgehead atoms. The Morgan fingerprint density at radius 2 is 1.89 bits per heavy atom. The number of benzene rings is 2. The molecule has 0 saturated heterocycles. The molecule has 4 rings (SSSR count). The summed E-state index contributed by atoms with van der Waals surface area (Å²) >= 11 is 0. The van der Waals surface area contributed by atoms with Crippen LogP contribution in [0.3, 0.4) is 0 Å². The molecule has 1 aromatic heterocycles. The first-order chi connectivity index (χ1) is 13.6. The summed E-state index contributed by atoms with van der Waals surface area (Å²) in [5, 5.41) is 4.11. The number of amides is 1. The molecule has 0 saturated carbocycles. The monoisotopic (exact) mass is 378 g/mol. The Labute approximate surface area is 159 Å². The van der Waals surface area contributed by atoms with Gasteiger partial charge in [0, 0.05) is 5.56 Å². The quantitative estimate of drug-likeness (QED) is 0.540. The van der Waals surface area contributed by atoms with Gasteiger partial charge in [-0.25, -0.2) is 14.9 Å². The van der Waals surface area contributed by atoms with Gasteiger partial charge in [-0.2, -0.15) is 0 Å². The van der Waals surface area contributed by atoms with Crippen molar-refractivity contribution in [1.29, 1.82) is 0 Å². The van der Waals surface area contributed by atoms with Crippen molar-refractivity contribution in [3.8, 4) is 22.8 Å². The molecule has 0 radical (unpaired) electrons. The number of ether oxygens (including phenoxy) is 1. The fourth-order valence-corrected chi connectivity index (χ4v) is 2.65. The van der Waals surface area contributed by atoms with Crippen molar-refractivity contribution < 1.29 is 13.9 Å². The number of rotatable bonds is 5. The molecule has 2 aromatic carbocycles. The van der Waals surface area contributed by atoms with Gasteiger partial charge in [0.05, 0.1) is 11.3 Å². The van der Waals surface area contributed by atoms with Crippen molar-refractivity contribution in [3.05, 3.63) is 77.7 Å². The van der Waals surface area contributed by atoms with E-state index in [-0.39, 0.29) is 11.5 Å². The molecule has 0 atom stereocenters. The third-order valence-corrected chi connectivity index (χ3v) is 3.98. The van der Waals surface area contributed by atoms with Crippen molar-refractivity contribution in [1.82, 2.24) is 21.5 Å². The van der Waals surface area contributed by atoms with E-state index >= 15 is 0 Å². The molecule has 5 N–H and O–H groups in total. The minimum atomic E-state index is -0.603. The number of carbonyl (C=O) groups excluding carboxylic acids is 1. The molecule has 0 fully saturated rings. The second-order valence-corrected chi connectivity index (χ2v) is 5.86. The number of nitrogens with zero attached hydrogens (tertiary/aromatic N) is 2. The zero-order valence-corrected chi connectivity index (χ0v) is 14.4. The van der Waals surface area contributed by atoms with Gasteiger partial charge in [-0.15, -0.1) is 10.6 Å². The summed E-state index contributed by atoms with van der Waals surface area (Å²) in [6, 6.07) is 16.1. The van der Waals surface area contributed by atoms with Gasteiger partial charge in [0.2, 0.25) is 0 Å². The van der Waals surface area contributed by atoms with E-state index in [9.17, 15) is 9.18 Å². The molecule has 28 heavy (non-hydrogen) atoms. The zero-order chi connectivity index (χ0) is 19.5. The number of nitrogens with one attached hydrogen (secondary N) is 3. The molecule has 1 aliphatic rings. The second-order valence-electron chi connectivity index (χ2n) is 5.86. The first-order valence-electron chi connectivity index (χ1n) is 8.29. The Morgan fingerprint density at radius 1 is 1.07 bits per heavy atom. The largest absolute Gasteiger partial charge is 0.457 e. The molecule has 8 nitrogen and oxygen atoms in total. The molecule has 0 spiro atoms. The average molecular weight is 378 g/mol. The average Bonchev–Trinajstić information content (AvgIpc) is 3.25. The number of pyridine rings is 1. The lowest BCUT2D eigenvalue weighted by molar-refractivity contribution is 0.0995. The molecule has 1 amide bonds. The van der Waals surface area contributed by atoms with Crippen LogP contribution >= 0.6 is 0 Å². The lowest BCUT2D eigenvalue weighted by atomic mass is 10.1. The Morgan fingerprint density at radius 3 is 2.61 bits per heavy atom. The van der Waals surface area contributed by atoms with Crippen LogP contribution in [0, 0.1) is 5.82 Å². The summed E-state index contributed by atoms with van der Waals surface area (Å²) in [6.45, 7) is 0. The van der Waals surface area contributed by atoms with Crippen molar-refractivity contribution >= 4 is 11.7 Å². The number of carbonyl (C=O) groups is 1. The van der Waals surface area contributed by atoms with E-state index in [0.717, 1.165) is 5.56 Å². The molecule has 2 heterocycles. The molecule has 1 aliphatic heterocycles. The van der Waals surface area contributed by atoms with Crippen LogP contribution in [0.5, 0.6) is 11.5 Å². The van der Waals surface area contributed by atoms with E-state index in [1.165, 1.54) is 24.3 Å². The van der Waals surface area contributed by atoms with Crippen LogP contribution in [0.4, 0.5) is 4.39 Å². The van der Waals surface area contributed by atoms with Crippen LogP contribution in [0.15, 0.2) is 65.8 Å². The number of hydrazone groups is 1. The third-order valence-electron chi connectivity index (χ3n) is 3.98. The Bertz CT molecular complexity index is 1070. The van der Waals surface area contributed by atoms with Crippen LogP contribution in [0.25, 0.3) is 11.3 Å². The maximum absolute atomic E-state index is 13.1. The fraction of sp³-hybridized carbons (Fsp3) is 0. The highest BCUT2D eigenvalue weighted by molar-refractivity contribution is 6.02. The zero-order valence-electron chi connectivity index (χ0n) is 14.4. The summed E-state index contributed by atoms with van der Waals surface area (Å²) < 4.78 is 19.0. The Balaban J connectivity index is 1.74. The number of nitrogens with two attached hydrogens (primary N) is 1. The van der Waals surface area contributed by atoms with Gasteiger partial charge in [0.25, 0.3) is 5.91 Å². The van der Waals surface area contributed by atoms with E-state index in [0.29, 0.717) is 28.6 Å². The summed E-state index contributed by atoms with van der Waals surface area (Å²) in [4.78, 5) is 15.7. The number of primary amides is 1. The van der Waals surface area contributed by atoms with Crippen molar-refractivity contribution in [2.45, 2.75) is 0 Å². The first-order valence-corrected chi connectivity index (χ1v) is 8.29. The maximum atomic E-state index is 13.1. The molecule has 140 valence electrons. The van der Waals surface area contributed by atoms with E-state index in [2.05, 4.69) is 26.6 Å². The predicted molar refractivity (Wildman–Crippen MR) is 101 cm³/mol. The van der Waals surface area contributed by atoms with Gasteiger partial charge in [0.1, 0.15) is 23.0 Å². The van der Waals surface area contributed by atoms with Gasteiger partial charge in [0.15, 0.2) is 5.84 Å². The van der Waals surface area contributed by atoms with E-state index < -0.39 is 5.91 Å². The van der Waals surface area contributed by atoms with Crippen molar-refractivity contribution in [3.63, 3.8) is 0 Å². The fourth-order valence-electron chi connectivity index (χ4n) is 2.65. The Kier molecular flexibility index (Phi) is 4.56. The molecule has 9 heteroatoms. The number of hydrogen-bond donors (Lipinski definition) is 4. The van der Waals surface area contributed by atoms with Crippen LogP contribution in [-0.2, 0) is 0 Å². The molecular weight excluding hydrogens is 363 g/mol. The highest BCUT2D eigenvalue weighted by Crippen LogP contribution is 2.30. The predicted octanol–water partition coefficient (Wildman–Crippen LogP) is 2.05. The highest BCUT2D eigenvalue weighted by Gasteiger charge is 2.17. The topological polar surface area (TPSA) is 114 Å². The maximum Gasteiger partial charge on any atom is 0.267 e. The van der Waals surface area contributed by atoms with E-state index in [1.54, 1.807) is 30.3 Å². The minimum Gasteiger partial charge on any atom is -0.457 e. The van der Waals surface area contributed by atoms with Gasteiger partial charge in [-0.05, 0) is 54.6 Å². The Hall–Kier alpha value is -3.98. The lowest BCUT2D eigenvalue weighted by Gasteiger charge is -2.13. The summed E-state index contributed by atoms with van der Waals surface area (Å²) in [5.74, 6) is 0.513. The number of aromatic nitrogens is 1. The molecule has 0 unspecified atom stereocenters. The summed E-state index contributed by atoms with van der Waals surface area (Å²) in [5.41, 5.74) is 15.6. The van der Waals surface area contributed by atoms with Gasteiger partial charge < -0.3 is 10.5 Å². The van der Waals surface area contributed by atoms with Crippen molar-refractivity contribution in [2.24, 2.45) is 10.8 Å². The van der Waals surface area contributed by atoms with Gasteiger partial charge in [-0.3, -0.25) is 10.2 Å². The van der Waals surface area contributed by atoms with Crippen LogP contribution < -0.4 is 27.0 Å². The van der Waals surface area contributed by atoms with Crippen LogP contribution in [0.1, 0.15) is 16.1 Å². The first kappa shape index (κ1) is 17.4. The second kappa shape index (κ2) is 7.33. The third kappa shape index (κ3) is 3.60. The molecular formula is C19H15FN6O2. The highest BCUT2D eigenvalue weighted by atomic mass is 19.1. The number of hydrazine groups is 2. The minimum absolute atomic E-state index is 0.172. The number of amidine groups is 1. The number of halogens is 1. The number of hydrogen-bond acceptors (Lipinski definition) is 7. The van der Waals surface area contributed by atoms with Crippen molar-refractivity contribution in [2.75, 3.05) is 0 Å². The van der Waals surface area contributed by atoms with Crippen LogP contribution in [-0.4, -0.2) is 16.7 Å². The summed E-state index contributed by atoms with van der Waals surface area (Å²) in [7, 11) is 0. The standard InChI is InChI=1S/C19H15FN6O2/c20-12-5-7-13(8-6-12)28-17-9-4-11(10-14(17)19-23-25-26-24-19)15-2-1-3-16(22-15)18(21)27/h1-10,25-26H,(H2,21,27)(H,23,24). The molecule has 3 aromatic rings. The van der Waals surface area contributed by atoms with Gasteiger partial charge in [-0.1, -0.05) is 6.07 Å². The normalized spacial score (nSPS) is 12.7. The van der Waals surface area contributed by atoms with Gasteiger partial charge >= 0.3 is 0 Å². The van der Waals surface area contributed by atoms with Crippen LogP contribution in [0.2, 0.25) is 0 Å². The SMILES string of the molecule is NC(=O)c1cccc(-c2ccc(Oc3ccc(F)cc3)c(C3=NNNN3)c2)n1. The lowest BCUT2D eigenvalue weighted by Crippen LogP contribution is -2.35.